The molecule has 0 saturated heterocycles. The Morgan fingerprint density at radius 3 is 1.90 bits per heavy atom. The summed E-state index contributed by atoms with van der Waals surface area (Å²) in [5.74, 6) is 0. The summed E-state index contributed by atoms with van der Waals surface area (Å²) in [5, 5.41) is 4.78. The summed E-state index contributed by atoms with van der Waals surface area (Å²) in [4.78, 5) is 6.31. The Bertz CT molecular complexity index is 2890. The van der Waals surface area contributed by atoms with Crippen LogP contribution in [-0.4, -0.2) is 8.78 Å². The van der Waals surface area contributed by atoms with Crippen molar-refractivity contribution >= 4 is 77.5 Å². The lowest BCUT2D eigenvalue weighted by molar-refractivity contribution is 0.682. The molecule has 0 saturated carbocycles. The fourth-order valence-corrected chi connectivity index (χ4v) is 9.63. The van der Waals surface area contributed by atoms with Gasteiger partial charge in [-0.1, -0.05) is 97.1 Å². The van der Waals surface area contributed by atoms with Crippen molar-refractivity contribution in [3.63, 3.8) is 0 Å². The van der Waals surface area contributed by atoms with Crippen LogP contribution in [0.25, 0.3) is 49.4 Å². The predicted molar refractivity (Wildman–Crippen MR) is 211 cm³/mol. The maximum Gasteiger partial charge on any atom is 0.0892 e. The first-order valence-electron chi connectivity index (χ1n) is 17.2. The molecule has 5 heteroatoms. The molecule has 2 aliphatic rings. The monoisotopic (exact) mass is 671 g/mol. The van der Waals surface area contributed by atoms with Gasteiger partial charge in [-0.15, -0.1) is 0 Å². The van der Waals surface area contributed by atoms with Crippen molar-refractivity contribution in [1.82, 2.24) is 4.57 Å². The predicted octanol–water partition coefficient (Wildman–Crippen LogP) is 12.3. The van der Waals surface area contributed by atoms with Crippen molar-refractivity contribution < 1.29 is 4.21 Å². The number of para-hydroxylation sites is 4. The van der Waals surface area contributed by atoms with Crippen LogP contribution in [0.15, 0.2) is 186 Å². The molecule has 11 rings (SSSR count). The zero-order chi connectivity index (χ0) is 33.6. The molecule has 1 atom stereocenters. The summed E-state index contributed by atoms with van der Waals surface area (Å²) in [6, 6.07) is 62.1. The lowest BCUT2D eigenvalue weighted by Gasteiger charge is -2.38. The van der Waals surface area contributed by atoms with Crippen molar-refractivity contribution in [2.75, 3.05) is 9.80 Å². The summed E-state index contributed by atoms with van der Waals surface area (Å²) < 4.78 is 16.8. The lowest BCUT2D eigenvalue weighted by Crippen LogP contribution is -2.21. The third kappa shape index (κ3) is 4.04. The highest BCUT2D eigenvalue weighted by atomic mass is 32.2. The number of anilines is 6. The Hall–Kier alpha value is -6.43. The number of rotatable bonds is 3. The minimum absolute atomic E-state index is 0.814. The van der Waals surface area contributed by atoms with Crippen LogP contribution in [0.1, 0.15) is 0 Å². The van der Waals surface area contributed by atoms with Gasteiger partial charge in [0.25, 0.3) is 0 Å². The Balaban J connectivity index is 1.21. The van der Waals surface area contributed by atoms with Crippen LogP contribution in [0.3, 0.4) is 0 Å². The first-order chi connectivity index (χ1) is 25.2. The SMILES string of the molecule is O=S1c2ccccc2N(c2ccccc2)c2cc3c(cc21)-c1cccc2cccc(c12)N3c1ccc2c(c1)c1ccccc1n2-c1ccccc1. The average Bonchev–Trinajstić information content (AvgIpc) is 3.52. The molecular weight excluding hydrogens is 643 g/mol. The highest BCUT2D eigenvalue weighted by Gasteiger charge is 2.34. The van der Waals surface area contributed by atoms with Crippen molar-refractivity contribution in [1.29, 1.82) is 0 Å². The number of nitrogens with zero attached hydrogens (tertiary/aromatic N) is 3. The quantitative estimate of drug-likeness (QED) is 0.187. The third-order valence-electron chi connectivity index (χ3n) is 10.4. The van der Waals surface area contributed by atoms with Crippen molar-refractivity contribution in [3.8, 4) is 16.8 Å². The Morgan fingerprint density at radius 2 is 1.06 bits per heavy atom. The molecule has 2 aliphatic heterocycles. The molecule has 1 unspecified atom stereocenters. The molecule has 0 radical (unpaired) electrons. The minimum atomic E-state index is -1.36. The smallest absolute Gasteiger partial charge is 0.0892 e. The highest BCUT2D eigenvalue weighted by molar-refractivity contribution is 7.85. The molecule has 9 aromatic rings. The third-order valence-corrected chi connectivity index (χ3v) is 11.9. The van der Waals surface area contributed by atoms with Gasteiger partial charge in [0.2, 0.25) is 0 Å². The highest BCUT2D eigenvalue weighted by Crippen LogP contribution is 2.56. The molecule has 0 fully saturated rings. The van der Waals surface area contributed by atoms with Gasteiger partial charge in [0.05, 0.1) is 54.4 Å². The maximum atomic E-state index is 14.5. The molecule has 4 nitrogen and oxygen atoms in total. The molecule has 3 heterocycles. The van der Waals surface area contributed by atoms with E-state index >= 15 is 0 Å². The molecular formula is C46H29N3OS. The second-order valence-electron chi connectivity index (χ2n) is 13.2. The van der Waals surface area contributed by atoms with Gasteiger partial charge in [-0.25, -0.2) is 4.21 Å². The van der Waals surface area contributed by atoms with E-state index in [9.17, 15) is 4.21 Å². The van der Waals surface area contributed by atoms with Gasteiger partial charge in [0.1, 0.15) is 0 Å². The molecule has 51 heavy (non-hydrogen) atoms. The standard InChI is InChI=1S/C46H29N3OS/c50-51-44-24-10-9-22-40(44)48(32-17-5-2-6-18-32)43-29-42-37(28-45(43)51)35-20-11-13-30-14-12-23-41(46(30)35)49(42)33-25-26-39-36(27-33)34-19-7-8-21-38(34)47(39)31-15-3-1-4-16-31/h1-29H. The largest absolute Gasteiger partial charge is 0.309 e. The van der Waals surface area contributed by atoms with E-state index in [2.05, 4.69) is 166 Å². The van der Waals surface area contributed by atoms with Gasteiger partial charge >= 0.3 is 0 Å². The van der Waals surface area contributed by atoms with Crippen LogP contribution < -0.4 is 9.80 Å². The fourth-order valence-electron chi connectivity index (χ4n) is 8.28. The van der Waals surface area contributed by atoms with Crippen molar-refractivity contribution in [3.05, 3.63) is 176 Å². The van der Waals surface area contributed by atoms with Crippen molar-refractivity contribution in [2.45, 2.75) is 9.79 Å². The normalized spacial score (nSPS) is 14.5. The lowest BCUT2D eigenvalue weighted by atomic mass is 9.90. The van der Waals surface area contributed by atoms with Crippen LogP contribution >= 0.6 is 0 Å². The van der Waals surface area contributed by atoms with Gasteiger partial charge in [0.15, 0.2) is 0 Å². The molecule has 0 spiro atoms. The van der Waals surface area contributed by atoms with E-state index in [4.69, 9.17) is 0 Å². The Kier molecular flexibility index (Phi) is 6.01. The van der Waals surface area contributed by atoms with Crippen LogP contribution in [0.5, 0.6) is 0 Å². The zero-order valence-corrected chi connectivity index (χ0v) is 28.2. The van der Waals surface area contributed by atoms with E-state index in [0.29, 0.717) is 0 Å². The van der Waals surface area contributed by atoms with E-state index < -0.39 is 10.8 Å². The van der Waals surface area contributed by atoms with Crippen LogP contribution in [0.2, 0.25) is 0 Å². The van der Waals surface area contributed by atoms with Gasteiger partial charge in [-0.05, 0) is 89.8 Å². The molecule has 1 aromatic heterocycles. The second kappa shape index (κ2) is 10.8. The maximum absolute atomic E-state index is 14.5. The van der Waals surface area contributed by atoms with Crippen LogP contribution in [-0.2, 0) is 10.8 Å². The number of hydrogen-bond acceptors (Lipinski definition) is 3. The number of fused-ring (bicyclic) bond motifs is 7. The molecule has 0 N–H and O–H groups in total. The minimum Gasteiger partial charge on any atom is -0.309 e. The summed E-state index contributed by atoms with van der Waals surface area (Å²) in [7, 11) is -1.36. The topological polar surface area (TPSA) is 28.5 Å². The van der Waals surface area contributed by atoms with Gasteiger partial charge in [0, 0.05) is 38.8 Å². The van der Waals surface area contributed by atoms with Gasteiger partial charge < -0.3 is 14.4 Å². The Labute approximate surface area is 297 Å². The average molecular weight is 672 g/mol. The Morgan fingerprint density at radius 1 is 0.392 bits per heavy atom. The van der Waals surface area contributed by atoms with Gasteiger partial charge in [-0.2, -0.15) is 0 Å². The van der Waals surface area contributed by atoms with E-state index in [1.165, 1.54) is 27.1 Å². The zero-order valence-electron chi connectivity index (χ0n) is 27.4. The van der Waals surface area contributed by atoms with E-state index in [1.807, 2.05) is 24.3 Å². The summed E-state index contributed by atoms with van der Waals surface area (Å²) in [6.45, 7) is 0. The first kappa shape index (κ1) is 28.4. The summed E-state index contributed by atoms with van der Waals surface area (Å²) in [5.41, 5.74) is 11.9. The van der Waals surface area contributed by atoms with Gasteiger partial charge in [-0.3, -0.25) is 0 Å². The van der Waals surface area contributed by atoms with Crippen molar-refractivity contribution in [2.24, 2.45) is 0 Å². The van der Waals surface area contributed by atoms with Crippen LogP contribution in [0, 0.1) is 0 Å². The molecule has 0 aliphatic carbocycles. The molecule has 0 bridgehead atoms. The fraction of sp³-hybridized carbons (Fsp3) is 0. The van der Waals surface area contributed by atoms with Crippen LogP contribution in [0.4, 0.5) is 34.1 Å². The number of aromatic nitrogens is 1. The van der Waals surface area contributed by atoms with E-state index in [-0.39, 0.29) is 0 Å². The second-order valence-corrected chi connectivity index (χ2v) is 14.6. The summed E-state index contributed by atoms with van der Waals surface area (Å²) >= 11 is 0. The number of benzene rings is 8. The molecule has 240 valence electrons. The molecule has 8 aromatic carbocycles. The summed E-state index contributed by atoms with van der Waals surface area (Å²) in [6.07, 6.45) is 0. The van der Waals surface area contributed by atoms with E-state index in [1.54, 1.807) is 0 Å². The number of hydrogen-bond donors (Lipinski definition) is 0. The van der Waals surface area contributed by atoms with E-state index in [0.717, 1.165) is 66.2 Å². The first-order valence-corrected chi connectivity index (χ1v) is 18.3. The molecule has 0 amide bonds.